The van der Waals surface area contributed by atoms with Crippen LogP contribution in [0.5, 0.6) is 5.75 Å². The van der Waals surface area contributed by atoms with Gasteiger partial charge < -0.3 is 19.7 Å². The number of rotatable bonds is 5. The maximum atomic E-state index is 12.6. The molecule has 1 aliphatic carbocycles. The topological polar surface area (TPSA) is 89.5 Å². The van der Waals surface area contributed by atoms with Crippen LogP contribution >= 0.6 is 0 Å². The number of nitrogens with zero attached hydrogens (tertiary/aromatic N) is 4. The molecule has 5 rings (SSSR count). The highest BCUT2D eigenvalue weighted by atomic mass is 16.5. The Morgan fingerprint density at radius 2 is 1.94 bits per heavy atom. The van der Waals surface area contributed by atoms with Gasteiger partial charge in [-0.05, 0) is 43.9 Å². The van der Waals surface area contributed by atoms with Crippen LogP contribution in [0.1, 0.15) is 25.7 Å². The van der Waals surface area contributed by atoms with Gasteiger partial charge in [0, 0.05) is 43.2 Å². The summed E-state index contributed by atoms with van der Waals surface area (Å²) in [6.07, 6.45) is 8.38. The minimum absolute atomic E-state index is 0.0170. The maximum absolute atomic E-state index is 12.6. The largest absolute Gasteiger partial charge is 0.490 e. The average Bonchev–Trinajstić information content (AvgIpc) is 2.85. The number of hydrogen-bond donors (Lipinski definition) is 1. The number of ether oxygens (including phenoxy) is 2. The Balaban J connectivity index is 1.26. The van der Waals surface area contributed by atoms with Gasteiger partial charge in [0.2, 0.25) is 5.91 Å². The molecule has 1 aromatic carbocycles. The lowest BCUT2D eigenvalue weighted by Crippen LogP contribution is -2.36. The van der Waals surface area contributed by atoms with Gasteiger partial charge in [0.15, 0.2) is 0 Å². The van der Waals surface area contributed by atoms with Crippen LogP contribution in [-0.4, -0.2) is 53.3 Å². The van der Waals surface area contributed by atoms with Gasteiger partial charge in [-0.25, -0.2) is 15.0 Å². The van der Waals surface area contributed by atoms with Gasteiger partial charge in [0.1, 0.15) is 17.9 Å². The van der Waals surface area contributed by atoms with E-state index in [4.69, 9.17) is 9.47 Å². The zero-order valence-corrected chi connectivity index (χ0v) is 17.9. The van der Waals surface area contributed by atoms with Gasteiger partial charge in [-0.3, -0.25) is 4.79 Å². The van der Waals surface area contributed by atoms with Crippen molar-refractivity contribution in [2.75, 3.05) is 36.5 Å². The molecule has 3 aromatic rings. The first kappa shape index (κ1) is 20.6. The third kappa shape index (κ3) is 4.65. The molecule has 8 nitrogen and oxygen atoms in total. The highest BCUT2D eigenvalue weighted by Crippen LogP contribution is 2.34. The van der Waals surface area contributed by atoms with Gasteiger partial charge in [-0.2, -0.15) is 0 Å². The SMILES string of the molecule is O=C(Nc1ccccn1)[C@H]1CC[C@@H](Oc2cc(N3CCOCC3)cc3ncncc23)CC1. The number of carbonyl (C=O) groups excluding carboxylic acids is 1. The number of amides is 1. The summed E-state index contributed by atoms with van der Waals surface area (Å²) in [7, 11) is 0. The Labute approximate surface area is 187 Å². The normalized spacial score (nSPS) is 21.3. The summed E-state index contributed by atoms with van der Waals surface area (Å²) in [6.45, 7) is 3.16. The summed E-state index contributed by atoms with van der Waals surface area (Å²) in [6, 6.07) is 9.69. The lowest BCUT2D eigenvalue weighted by molar-refractivity contribution is -0.121. The second-order valence-electron chi connectivity index (χ2n) is 8.29. The quantitative estimate of drug-likeness (QED) is 0.659. The summed E-state index contributed by atoms with van der Waals surface area (Å²) in [5.74, 6) is 1.43. The third-order valence-corrected chi connectivity index (χ3v) is 6.20. The fourth-order valence-corrected chi connectivity index (χ4v) is 4.43. The number of benzene rings is 1. The van der Waals surface area contributed by atoms with Crippen molar-refractivity contribution in [2.45, 2.75) is 31.8 Å². The Hall–Kier alpha value is -3.26. The molecule has 0 atom stereocenters. The first-order chi connectivity index (χ1) is 15.8. The summed E-state index contributed by atoms with van der Waals surface area (Å²) < 4.78 is 12.0. The maximum Gasteiger partial charge on any atom is 0.228 e. The van der Waals surface area contributed by atoms with Crippen LogP contribution in [0, 0.1) is 5.92 Å². The van der Waals surface area contributed by atoms with E-state index in [9.17, 15) is 4.79 Å². The Bertz CT molecular complexity index is 1060. The number of nitrogens with one attached hydrogen (secondary N) is 1. The van der Waals surface area contributed by atoms with Crippen LogP contribution in [0.15, 0.2) is 49.1 Å². The molecule has 0 unspecified atom stereocenters. The molecule has 1 N–H and O–H groups in total. The summed E-state index contributed by atoms with van der Waals surface area (Å²) in [5.41, 5.74) is 1.97. The predicted molar refractivity (Wildman–Crippen MR) is 122 cm³/mol. The molecule has 1 amide bonds. The lowest BCUT2D eigenvalue weighted by Gasteiger charge is -2.31. The molecule has 0 bridgehead atoms. The molecular weight excluding hydrogens is 406 g/mol. The van der Waals surface area contributed by atoms with Crippen molar-refractivity contribution in [3.8, 4) is 5.75 Å². The number of aromatic nitrogens is 3. The highest BCUT2D eigenvalue weighted by Gasteiger charge is 2.28. The number of anilines is 2. The Kier molecular flexibility index (Phi) is 6.11. The number of pyridine rings is 1. The van der Waals surface area contributed by atoms with E-state index in [0.29, 0.717) is 5.82 Å². The Morgan fingerprint density at radius 1 is 1.09 bits per heavy atom. The number of morpholine rings is 1. The smallest absolute Gasteiger partial charge is 0.228 e. The second-order valence-corrected chi connectivity index (χ2v) is 8.29. The fourth-order valence-electron chi connectivity index (χ4n) is 4.43. The second kappa shape index (κ2) is 9.48. The number of fused-ring (bicyclic) bond motifs is 1. The molecule has 1 saturated heterocycles. The molecule has 8 heteroatoms. The summed E-state index contributed by atoms with van der Waals surface area (Å²) in [4.78, 5) is 27.7. The first-order valence-electron chi connectivity index (χ1n) is 11.2. The molecule has 0 radical (unpaired) electrons. The van der Waals surface area contributed by atoms with Gasteiger partial charge in [0.25, 0.3) is 0 Å². The number of carbonyl (C=O) groups is 1. The van der Waals surface area contributed by atoms with Crippen LogP contribution in [-0.2, 0) is 9.53 Å². The van der Waals surface area contributed by atoms with Gasteiger partial charge in [-0.15, -0.1) is 0 Å². The molecule has 0 spiro atoms. The highest BCUT2D eigenvalue weighted by molar-refractivity contribution is 5.91. The van der Waals surface area contributed by atoms with Crippen LogP contribution in [0.2, 0.25) is 0 Å². The van der Waals surface area contributed by atoms with E-state index in [1.54, 1.807) is 18.6 Å². The fraction of sp³-hybridized carbons (Fsp3) is 0.417. The first-order valence-corrected chi connectivity index (χ1v) is 11.2. The van der Waals surface area contributed by atoms with Gasteiger partial charge in [-0.1, -0.05) is 6.07 Å². The van der Waals surface area contributed by atoms with E-state index < -0.39 is 0 Å². The molecule has 2 fully saturated rings. The van der Waals surface area contributed by atoms with Crippen LogP contribution < -0.4 is 15.0 Å². The van der Waals surface area contributed by atoms with Crippen molar-refractivity contribution < 1.29 is 14.3 Å². The van der Waals surface area contributed by atoms with Crippen LogP contribution in [0.3, 0.4) is 0 Å². The van der Waals surface area contributed by atoms with Crippen molar-refractivity contribution in [3.63, 3.8) is 0 Å². The van der Waals surface area contributed by atoms with E-state index >= 15 is 0 Å². The average molecular weight is 434 g/mol. The molecule has 2 aliphatic rings. The molecule has 166 valence electrons. The standard InChI is InChI=1S/C24H27N5O3/c30-24(28-23-3-1-2-8-26-23)17-4-6-19(7-5-17)32-22-14-18(29-9-11-31-12-10-29)13-21-20(22)15-25-16-27-21/h1-3,8,13-17,19H,4-7,9-12H2,(H,26,28,30)/t17-,19+. The third-order valence-electron chi connectivity index (χ3n) is 6.20. The van der Waals surface area contributed by atoms with Crippen molar-refractivity contribution in [1.82, 2.24) is 15.0 Å². The van der Waals surface area contributed by atoms with Crippen LogP contribution in [0.25, 0.3) is 10.9 Å². The van der Waals surface area contributed by atoms with Crippen molar-refractivity contribution >= 4 is 28.3 Å². The Morgan fingerprint density at radius 3 is 2.72 bits per heavy atom. The van der Waals surface area contributed by atoms with E-state index in [1.165, 1.54) is 0 Å². The lowest BCUT2D eigenvalue weighted by atomic mass is 9.86. The molecule has 32 heavy (non-hydrogen) atoms. The van der Waals surface area contributed by atoms with E-state index in [-0.39, 0.29) is 17.9 Å². The zero-order chi connectivity index (χ0) is 21.8. The number of hydrogen-bond acceptors (Lipinski definition) is 7. The minimum atomic E-state index is -0.0170. The molecule has 1 saturated carbocycles. The van der Waals surface area contributed by atoms with Gasteiger partial charge in [0.05, 0.1) is 30.2 Å². The van der Waals surface area contributed by atoms with E-state index in [0.717, 1.165) is 74.3 Å². The summed E-state index contributed by atoms with van der Waals surface area (Å²) in [5, 5.41) is 3.84. The van der Waals surface area contributed by atoms with Crippen molar-refractivity contribution in [1.29, 1.82) is 0 Å². The van der Waals surface area contributed by atoms with Crippen molar-refractivity contribution in [3.05, 3.63) is 49.1 Å². The van der Waals surface area contributed by atoms with Gasteiger partial charge >= 0.3 is 0 Å². The zero-order valence-electron chi connectivity index (χ0n) is 17.9. The van der Waals surface area contributed by atoms with Crippen molar-refractivity contribution in [2.24, 2.45) is 5.92 Å². The van der Waals surface area contributed by atoms with E-state index in [2.05, 4.69) is 37.3 Å². The monoisotopic (exact) mass is 433 g/mol. The van der Waals surface area contributed by atoms with Crippen LogP contribution in [0.4, 0.5) is 11.5 Å². The molecule has 3 heterocycles. The summed E-state index contributed by atoms with van der Waals surface area (Å²) >= 11 is 0. The molecule has 1 aliphatic heterocycles. The molecular formula is C24H27N5O3. The predicted octanol–water partition coefficient (Wildman–Crippen LogP) is 3.44. The van der Waals surface area contributed by atoms with E-state index in [1.807, 2.05) is 18.3 Å². The minimum Gasteiger partial charge on any atom is -0.490 e. The molecule has 2 aromatic heterocycles.